The normalized spacial score (nSPS) is 18.5. The van der Waals surface area contributed by atoms with E-state index < -0.39 is 12.7 Å². The fraction of sp³-hybridized carbons (Fsp3) is 0.800. The molecule has 1 aliphatic rings. The molecule has 0 amide bonds. The monoisotopic (exact) mass is 152 g/mol. The van der Waals surface area contributed by atoms with Crippen molar-refractivity contribution in [1.29, 1.82) is 0 Å². The molecule has 0 bridgehead atoms. The second kappa shape index (κ2) is 2.48. The first-order valence-corrected chi connectivity index (χ1v) is 2.92. The van der Waals surface area contributed by atoms with E-state index in [2.05, 4.69) is 5.10 Å². The van der Waals surface area contributed by atoms with Crippen molar-refractivity contribution in [3.8, 4) is 0 Å². The molecule has 2 nitrogen and oxygen atoms in total. The first-order valence-electron chi connectivity index (χ1n) is 2.92. The van der Waals surface area contributed by atoms with Gasteiger partial charge in [-0.2, -0.15) is 18.3 Å². The largest absolute Gasteiger partial charge is 0.407 e. The first-order chi connectivity index (χ1) is 4.58. The highest BCUT2D eigenvalue weighted by Crippen LogP contribution is 2.17. The SMILES string of the molecule is FC(F)(F)CN1CCC=N1. The number of rotatable bonds is 1. The van der Waals surface area contributed by atoms with Crippen molar-refractivity contribution in [2.75, 3.05) is 13.1 Å². The van der Waals surface area contributed by atoms with Crippen molar-refractivity contribution >= 4 is 6.21 Å². The van der Waals surface area contributed by atoms with Crippen LogP contribution < -0.4 is 0 Å². The van der Waals surface area contributed by atoms with Crippen LogP contribution in [0, 0.1) is 0 Å². The predicted octanol–water partition coefficient (Wildman–Crippen LogP) is 1.24. The fourth-order valence-electron chi connectivity index (χ4n) is 0.765. The van der Waals surface area contributed by atoms with Gasteiger partial charge in [0.05, 0.1) is 0 Å². The number of hydrogen-bond acceptors (Lipinski definition) is 2. The van der Waals surface area contributed by atoms with Gasteiger partial charge in [0, 0.05) is 19.2 Å². The smallest absolute Gasteiger partial charge is 0.288 e. The van der Waals surface area contributed by atoms with Crippen molar-refractivity contribution in [2.24, 2.45) is 5.10 Å². The van der Waals surface area contributed by atoms with Gasteiger partial charge in [-0.05, 0) is 0 Å². The zero-order chi connectivity index (χ0) is 7.61. The average Bonchev–Trinajstić information content (AvgIpc) is 2.12. The Balaban J connectivity index is 2.31. The van der Waals surface area contributed by atoms with Gasteiger partial charge >= 0.3 is 6.18 Å². The van der Waals surface area contributed by atoms with Gasteiger partial charge in [0.2, 0.25) is 0 Å². The van der Waals surface area contributed by atoms with Gasteiger partial charge in [0.1, 0.15) is 6.54 Å². The molecular formula is C5H7F3N2. The van der Waals surface area contributed by atoms with Gasteiger partial charge in [-0.25, -0.2) is 0 Å². The van der Waals surface area contributed by atoms with Crippen LogP contribution in [-0.2, 0) is 0 Å². The van der Waals surface area contributed by atoms with Crippen molar-refractivity contribution < 1.29 is 13.2 Å². The molecule has 10 heavy (non-hydrogen) atoms. The van der Waals surface area contributed by atoms with Crippen LogP contribution in [0.4, 0.5) is 13.2 Å². The molecule has 1 rings (SSSR count). The summed E-state index contributed by atoms with van der Waals surface area (Å²) in [7, 11) is 0. The summed E-state index contributed by atoms with van der Waals surface area (Å²) in [5.74, 6) is 0. The molecule has 0 saturated carbocycles. The van der Waals surface area contributed by atoms with Crippen LogP contribution in [0.1, 0.15) is 6.42 Å². The molecule has 0 fully saturated rings. The summed E-state index contributed by atoms with van der Waals surface area (Å²) in [5.41, 5.74) is 0. The lowest BCUT2D eigenvalue weighted by Gasteiger charge is -2.15. The van der Waals surface area contributed by atoms with E-state index in [1.165, 1.54) is 6.21 Å². The third kappa shape index (κ3) is 2.24. The molecule has 0 aliphatic carbocycles. The molecule has 0 saturated heterocycles. The van der Waals surface area contributed by atoms with Crippen molar-refractivity contribution in [1.82, 2.24) is 5.01 Å². The molecule has 0 spiro atoms. The molecule has 0 atom stereocenters. The van der Waals surface area contributed by atoms with E-state index in [0.717, 1.165) is 5.01 Å². The van der Waals surface area contributed by atoms with Crippen LogP contribution in [0.15, 0.2) is 5.10 Å². The average molecular weight is 152 g/mol. The molecule has 0 aromatic rings. The highest BCUT2D eigenvalue weighted by Gasteiger charge is 2.30. The van der Waals surface area contributed by atoms with E-state index >= 15 is 0 Å². The second-order valence-corrected chi connectivity index (χ2v) is 2.09. The van der Waals surface area contributed by atoms with Gasteiger partial charge in [-0.1, -0.05) is 0 Å². The number of nitrogens with zero attached hydrogens (tertiary/aromatic N) is 2. The molecule has 0 radical (unpaired) electrons. The Morgan fingerprint density at radius 1 is 1.50 bits per heavy atom. The van der Waals surface area contributed by atoms with E-state index in [1.54, 1.807) is 0 Å². The molecule has 0 unspecified atom stereocenters. The van der Waals surface area contributed by atoms with Gasteiger partial charge in [-0.15, -0.1) is 0 Å². The summed E-state index contributed by atoms with van der Waals surface area (Å²) < 4.78 is 34.8. The standard InChI is InChI=1S/C5H7F3N2/c6-5(7,8)4-10-3-1-2-9-10/h2H,1,3-4H2. The Kier molecular flexibility index (Phi) is 1.82. The third-order valence-corrected chi connectivity index (χ3v) is 1.12. The summed E-state index contributed by atoms with van der Waals surface area (Å²) in [4.78, 5) is 0. The van der Waals surface area contributed by atoms with Crippen molar-refractivity contribution in [3.05, 3.63) is 0 Å². The Labute approximate surface area is 56.3 Å². The Morgan fingerprint density at radius 3 is 2.60 bits per heavy atom. The maximum absolute atomic E-state index is 11.6. The van der Waals surface area contributed by atoms with E-state index in [-0.39, 0.29) is 0 Å². The highest BCUT2D eigenvalue weighted by molar-refractivity contribution is 5.58. The molecular weight excluding hydrogens is 145 g/mol. The van der Waals surface area contributed by atoms with Crippen molar-refractivity contribution in [2.45, 2.75) is 12.6 Å². The van der Waals surface area contributed by atoms with E-state index in [4.69, 9.17) is 0 Å². The lowest BCUT2D eigenvalue weighted by Crippen LogP contribution is -2.28. The zero-order valence-corrected chi connectivity index (χ0v) is 5.23. The fourth-order valence-corrected chi connectivity index (χ4v) is 0.765. The van der Waals surface area contributed by atoms with Crippen LogP contribution in [0.25, 0.3) is 0 Å². The van der Waals surface area contributed by atoms with Crippen molar-refractivity contribution in [3.63, 3.8) is 0 Å². The third-order valence-electron chi connectivity index (χ3n) is 1.12. The van der Waals surface area contributed by atoms with Gasteiger partial charge < -0.3 is 0 Å². The van der Waals surface area contributed by atoms with Crippen LogP contribution in [0.2, 0.25) is 0 Å². The highest BCUT2D eigenvalue weighted by atomic mass is 19.4. The predicted molar refractivity (Wildman–Crippen MR) is 30.7 cm³/mol. The lowest BCUT2D eigenvalue weighted by molar-refractivity contribution is -0.144. The number of halogens is 3. The summed E-state index contributed by atoms with van der Waals surface area (Å²) in [5, 5.41) is 4.52. The van der Waals surface area contributed by atoms with Gasteiger partial charge in [0.15, 0.2) is 0 Å². The van der Waals surface area contributed by atoms with Crippen LogP contribution in [0.3, 0.4) is 0 Å². The van der Waals surface area contributed by atoms with Gasteiger partial charge in [0.25, 0.3) is 0 Å². The quantitative estimate of drug-likeness (QED) is 0.552. The molecule has 0 aromatic carbocycles. The summed E-state index contributed by atoms with van der Waals surface area (Å²) >= 11 is 0. The molecule has 0 aromatic heterocycles. The Morgan fingerprint density at radius 2 is 2.20 bits per heavy atom. The van der Waals surface area contributed by atoms with E-state index in [9.17, 15) is 13.2 Å². The molecule has 1 heterocycles. The topological polar surface area (TPSA) is 15.6 Å². The maximum atomic E-state index is 11.6. The molecule has 5 heteroatoms. The number of hydrazone groups is 1. The molecule has 58 valence electrons. The number of hydrogen-bond donors (Lipinski definition) is 0. The lowest BCUT2D eigenvalue weighted by atomic mass is 10.5. The van der Waals surface area contributed by atoms with E-state index in [0.29, 0.717) is 13.0 Å². The Bertz CT molecular complexity index is 140. The van der Waals surface area contributed by atoms with Crippen LogP contribution in [0.5, 0.6) is 0 Å². The minimum atomic E-state index is -4.12. The van der Waals surface area contributed by atoms with Gasteiger partial charge in [-0.3, -0.25) is 5.01 Å². The summed E-state index contributed by atoms with van der Waals surface area (Å²) in [6.45, 7) is -0.539. The maximum Gasteiger partial charge on any atom is 0.407 e. The number of alkyl halides is 3. The van der Waals surface area contributed by atoms with Crippen LogP contribution >= 0.6 is 0 Å². The zero-order valence-electron chi connectivity index (χ0n) is 5.23. The molecule has 1 aliphatic heterocycles. The summed E-state index contributed by atoms with van der Waals surface area (Å²) in [6.07, 6.45) is -2.01. The first kappa shape index (κ1) is 7.37. The second-order valence-electron chi connectivity index (χ2n) is 2.09. The minimum absolute atomic E-state index is 0.388. The molecule has 0 N–H and O–H groups in total. The summed E-state index contributed by atoms with van der Waals surface area (Å²) in [6, 6.07) is 0. The minimum Gasteiger partial charge on any atom is -0.288 e. The Hall–Kier alpha value is -0.740. The van der Waals surface area contributed by atoms with E-state index in [1.807, 2.05) is 0 Å². The van der Waals surface area contributed by atoms with Crippen LogP contribution in [-0.4, -0.2) is 30.5 Å².